The highest BCUT2D eigenvalue weighted by molar-refractivity contribution is 5.97. The van der Waals surface area contributed by atoms with E-state index in [-0.39, 0.29) is 32.2 Å². The van der Waals surface area contributed by atoms with Crippen LogP contribution in [0.25, 0.3) is 33.0 Å². The van der Waals surface area contributed by atoms with Crippen LogP contribution in [0.1, 0.15) is 125 Å². The predicted molar refractivity (Wildman–Crippen MR) is 220 cm³/mol. The molecule has 2 unspecified atom stereocenters. The number of aryl methyl sites for hydroxylation is 5. The number of nitrogens with zero attached hydrogens (tertiary/aromatic N) is 2. The average Bonchev–Trinajstić information content (AvgIpc) is 3.66. The van der Waals surface area contributed by atoms with Crippen LogP contribution in [0.2, 0.25) is 0 Å². The number of aromatic amines is 2. The Morgan fingerprint density at radius 1 is 0.759 bits per heavy atom. The number of carbonyl (C=O) groups is 3. The number of nitrogens with one attached hydrogen (secondary N) is 2. The molecule has 10 heteroatoms. The fourth-order valence-electron chi connectivity index (χ4n) is 6.54. The first-order valence-corrected chi connectivity index (χ1v) is 18.7. The normalized spacial score (nSPS) is 11.7. The number of esters is 3. The molecule has 2 atom stereocenters. The van der Waals surface area contributed by atoms with E-state index in [0.717, 1.165) is 68.2 Å². The first-order valence-electron chi connectivity index (χ1n) is 18.7. The summed E-state index contributed by atoms with van der Waals surface area (Å²) in [6, 6.07) is 12.1. The van der Waals surface area contributed by atoms with Crippen molar-refractivity contribution in [3.63, 3.8) is 0 Å². The van der Waals surface area contributed by atoms with Crippen LogP contribution in [0.3, 0.4) is 0 Å². The number of para-hydroxylation sites is 1. The van der Waals surface area contributed by atoms with Crippen LogP contribution in [0.15, 0.2) is 36.4 Å². The van der Waals surface area contributed by atoms with Gasteiger partial charge in [0.15, 0.2) is 0 Å². The molecule has 0 saturated carbocycles. The van der Waals surface area contributed by atoms with Gasteiger partial charge in [0, 0.05) is 45.3 Å². The maximum absolute atomic E-state index is 13.3. The monoisotopic (exact) mass is 742 g/mol. The molecule has 54 heavy (non-hydrogen) atoms. The molecule has 0 saturated heterocycles. The van der Waals surface area contributed by atoms with E-state index in [4.69, 9.17) is 24.2 Å². The van der Waals surface area contributed by atoms with Gasteiger partial charge in [0.1, 0.15) is 0 Å². The lowest BCUT2D eigenvalue weighted by molar-refractivity contribution is -0.142. The third-order valence-electron chi connectivity index (χ3n) is 9.89. The minimum Gasteiger partial charge on any atom is -0.469 e. The molecule has 0 amide bonds. The van der Waals surface area contributed by atoms with Crippen LogP contribution in [0.4, 0.5) is 0 Å². The Bertz CT molecular complexity index is 2080. The number of methoxy groups -OCH3 is 3. The Hall–Kier alpha value is -4.99. The average molecular weight is 743 g/mol. The molecule has 4 rings (SSSR count). The number of rotatable bonds is 11. The summed E-state index contributed by atoms with van der Waals surface area (Å²) >= 11 is 0. The predicted octanol–water partition coefficient (Wildman–Crippen LogP) is 9.86. The highest BCUT2D eigenvalue weighted by Gasteiger charge is 2.26. The van der Waals surface area contributed by atoms with E-state index in [9.17, 15) is 14.4 Å². The van der Waals surface area contributed by atoms with Crippen LogP contribution < -0.4 is 0 Å². The minimum absolute atomic E-state index is 0. The lowest BCUT2D eigenvalue weighted by atomic mass is 9.96. The largest absolute Gasteiger partial charge is 0.469 e. The maximum atomic E-state index is 13.3. The highest BCUT2D eigenvalue weighted by atomic mass is 16.5. The molecule has 10 nitrogen and oxygen atoms in total. The second-order valence-corrected chi connectivity index (χ2v) is 12.9. The summed E-state index contributed by atoms with van der Waals surface area (Å²) in [6.07, 6.45) is 2.47. The summed E-state index contributed by atoms with van der Waals surface area (Å²) in [5, 5.41) is 0.853. The number of benzene rings is 1. The van der Waals surface area contributed by atoms with Crippen molar-refractivity contribution in [3.05, 3.63) is 81.3 Å². The van der Waals surface area contributed by atoms with E-state index in [1.54, 1.807) is 6.92 Å². The fraction of sp³-hybridized carbons (Fsp3) is 0.477. The molecule has 2 N–H and O–H groups in total. The van der Waals surface area contributed by atoms with E-state index in [1.165, 1.54) is 21.3 Å². The summed E-state index contributed by atoms with van der Waals surface area (Å²) in [5.41, 5.74) is 10.5. The zero-order valence-corrected chi connectivity index (χ0v) is 33.7. The molecule has 0 spiro atoms. The van der Waals surface area contributed by atoms with Crippen molar-refractivity contribution in [1.29, 1.82) is 0 Å². The van der Waals surface area contributed by atoms with E-state index >= 15 is 0 Å². The molecule has 0 aliphatic rings. The van der Waals surface area contributed by atoms with Crippen molar-refractivity contribution in [2.75, 3.05) is 21.3 Å². The van der Waals surface area contributed by atoms with Crippen LogP contribution in [0, 0.1) is 13.8 Å². The lowest BCUT2D eigenvalue weighted by Gasteiger charge is -2.14. The van der Waals surface area contributed by atoms with Crippen LogP contribution in [-0.2, 0) is 54.3 Å². The van der Waals surface area contributed by atoms with Gasteiger partial charge in [-0.3, -0.25) is 24.4 Å². The molecule has 3 heterocycles. The maximum Gasteiger partial charge on any atom is 0.314 e. The Morgan fingerprint density at radius 3 is 2.02 bits per heavy atom. The topological polar surface area (TPSA) is 136 Å². The summed E-state index contributed by atoms with van der Waals surface area (Å²) in [4.78, 5) is 56.8. The van der Waals surface area contributed by atoms with Crippen molar-refractivity contribution in [2.24, 2.45) is 0 Å². The van der Waals surface area contributed by atoms with Gasteiger partial charge in [-0.1, -0.05) is 67.2 Å². The van der Waals surface area contributed by atoms with Gasteiger partial charge in [-0.05, 0) is 92.8 Å². The van der Waals surface area contributed by atoms with Crippen molar-refractivity contribution in [2.45, 2.75) is 120 Å². The lowest BCUT2D eigenvalue weighted by Crippen LogP contribution is -2.17. The van der Waals surface area contributed by atoms with E-state index in [1.807, 2.05) is 58.0 Å². The standard InChI is InChI=1S/C41H52N4O6.C2H6.CH4/c1-11-23(4)33-22-34-24(5)28(13-3)35(44-34)20-27(12-2)42-39(26(7)41(48)51-10)31(21-37(47)50-9)40-29(18-19-36(46)49-8)25(6)38(45-40)30-16-14-15-17-32(30)43-33;1-2;/h14-17,20,22-23,26,44-45H,11-13,18-19,21H2,1-10H3;1-2H3;1H4. The minimum atomic E-state index is -0.848. The van der Waals surface area contributed by atoms with E-state index in [0.29, 0.717) is 35.3 Å². The molecule has 4 aromatic rings. The van der Waals surface area contributed by atoms with Gasteiger partial charge >= 0.3 is 17.9 Å². The molecule has 294 valence electrons. The first-order chi connectivity index (χ1) is 25.4. The number of ether oxygens (including phenoxy) is 3. The highest BCUT2D eigenvalue weighted by Crippen LogP contribution is 2.32. The molecular weight excluding hydrogens is 681 g/mol. The summed E-state index contributed by atoms with van der Waals surface area (Å²) in [5.74, 6) is -2.05. The van der Waals surface area contributed by atoms with Gasteiger partial charge < -0.3 is 24.2 Å². The van der Waals surface area contributed by atoms with Gasteiger partial charge in [-0.25, -0.2) is 0 Å². The Morgan fingerprint density at radius 2 is 1.43 bits per heavy atom. The molecule has 0 aliphatic carbocycles. The molecule has 0 radical (unpaired) electrons. The number of hydrogen-bond acceptors (Lipinski definition) is 8. The van der Waals surface area contributed by atoms with Crippen molar-refractivity contribution >= 4 is 50.9 Å². The fourth-order valence-corrected chi connectivity index (χ4v) is 6.54. The summed E-state index contributed by atoms with van der Waals surface area (Å²) < 4.78 is 15.4. The second-order valence-electron chi connectivity index (χ2n) is 12.9. The molecular formula is C44H62N4O6. The molecule has 3 aromatic heterocycles. The number of hydrogen-bond donors (Lipinski definition) is 2. The molecule has 1 aromatic carbocycles. The van der Waals surface area contributed by atoms with Crippen molar-refractivity contribution in [1.82, 2.24) is 19.9 Å². The second kappa shape index (κ2) is 21.0. The third-order valence-corrected chi connectivity index (χ3v) is 9.89. The van der Waals surface area contributed by atoms with Gasteiger partial charge in [0.2, 0.25) is 0 Å². The number of aromatic nitrogens is 4. The van der Waals surface area contributed by atoms with Gasteiger partial charge in [-0.2, -0.15) is 0 Å². The van der Waals surface area contributed by atoms with Crippen LogP contribution in [-0.4, -0.2) is 59.2 Å². The van der Waals surface area contributed by atoms with Gasteiger partial charge in [0.25, 0.3) is 0 Å². The van der Waals surface area contributed by atoms with Crippen molar-refractivity contribution in [3.8, 4) is 0 Å². The smallest absolute Gasteiger partial charge is 0.314 e. The third kappa shape index (κ3) is 10.2. The van der Waals surface area contributed by atoms with Crippen LogP contribution >= 0.6 is 0 Å². The Kier molecular flexibility index (Phi) is 17.6. The Balaban J connectivity index is 0.00000330. The number of fused-ring (bicyclic) bond motifs is 6. The SMILES string of the molecule is C.CC.CCc1cc2[nH]c(cc(C(C)CC)nc3ccccc3c3[nH]c(c(CC(=O)OC)c(C(C)C(=O)OC)n1)c(CCC(=O)OC)c3C)c(C)c2CC. The first kappa shape index (κ1) is 45.2. The molecule has 0 fully saturated rings. The number of carbonyl (C=O) groups excluding carboxylic acids is 3. The zero-order valence-electron chi connectivity index (χ0n) is 33.7. The summed E-state index contributed by atoms with van der Waals surface area (Å²) in [6.45, 7) is 18.3. The Labute approximate surface area is 321 Å². The zero-order chi connectivity index (χ0) is 39.4. The van der Waals surface area contributed by atoms with E-state index < -0.39 is 17.9 Å². The van der Waals surface area contributed by atoms with Gasteiger partial charge in [-0.15, -0.1) is 0 Å². The van der Waals surface area contributed by atoms with Crippen LogP contribution in [0.5, 0.6) is 0 Å². The summed E-state index contributed by atoms with van der Waals surface area (Å²) in [7, 11) is 4.03. The van der Waals surface area contributed by atoms with Gasteiger partial charge in [0.05, 0.1) is 50.4 Å². The van der Waals surface area contributed by atoms with Crippen molar-refractivity contribution < 1.29 is 28.6 Å². The quantitative estimate of drug-likeness (QED) is 0.115. The molecule has 4 bridgehead atoms. The molecule has 0 aliphatic heterocycles. The number of H-pyrrole nitrogens is 2. The van der Waals surface area contributed by atoms with E-state index in [2.05, 4.69) is 43.7 Å².